The van der Waals surface area contributed by atoms with Gasteiger partial charge in [0, 0.05) is 13.0 Å². The Morgan fingerprint density at radius 2 is 1.61 bits per heavy atom. The number of aromatic nitrogens is 2. The van der Waals surface area contributed by atoms with E-state index in [4.69, 9.17) is 14.5 Å². The number of methoxy groups -OCH3 is 2. The number of benzene rings is 2. The summed E-state index contributed by atoms with van der Waals surface area (Å²) in [6.45, 7) is 3.29. The highest BCUT2D eigenvalue weighted by Gasteiger charge is 2.12. The van der Waals surface area contributed by atoms with Crippen molar-refractivity contribution in [1.29, 1.82) is 0 Å². The maximum absolute atomic E-state index is 5.46. The fourth-order valence-corrected chi connectivity index (χ4v) is 3.73. The molecule has 0 aliphatic heterocycles. The monoisotopic (exact) mass is 380 g/mol. The summed E-state index contributed by atoms with van der Waals surface area (Å²) < 4.78 is 13.2. The first-order chi connectivity index (χ1) is 13.8. The second kappa shape index (κ2) is 10.2. The van der Waals surface area contributed by atoms with Gasteiger partial charge in [-0.15, -0.1) is 0 Å². The first-order valence-corrected chi connectivity index (χ1v) is 10.4. The Morgan fingerprint density at radius 1 is 0.857 bits per heavy atom. The summed E-state index contributed by atoms with van der Waals surface area (Å²) in [5, 5.41) is 0. The fourth-order valence-electron chi connectivity index (χ4n) is 3.73. The van der Waals surface area contributed by atoms with Crippen LogP contribution in [-0.2, 0) is 13.0 Å². The summed E-state index contributed by atoms with van der Waals surface area (Å²) in [6.07, 6.45) is 8.57. The summed E-state index contributed by atoms with van der Waals surface area (Å²) in [5.74, 6) is 2.63. The van der Waals surface area contributed by atoms with Gasteiger partial charge in [-0.25, -0.2) is 4.98 Å². The summed E-state index contributed by atoms with van der Waals surface area (Å²) in [6, 6.07) is 14.5. The number of rotatable bonds is 11. The summed E-state index contributed by atoms with van der Waals surface area (Å²) in [7, 11) is 3.34. The summed E-state index contributed by atoms with van der Waals surface area (Å²) in [4.78, 5) is 4.93. The number of nitrogens with zero attached hydrogens (tertiary/aromatic N) is 2. The average molecular weight is 381 g/mol. The van der Waals surface area contributed by atoms with E-state index >= 15 is 0 Å². The van der Waals surface area contributed by atoms with E-state index < -0.39 is 0 Å². The van der Waals surface area contributed by atoms with Crippen LogP contribution in [0.4, 0.5) is 0 Å². The molecule has 0 saturated heterocycles. The van der Waals surface area contributed by atoms with E-state index in [1.807, 2.05) is 12.1 Å². The van der Waals surface area contributed by atoms with Crippen molar-refractivity contribution < 1.29 is 9.47 Å². The van der Waals surface area contributed by atoms with Crippen molar-refractivity contribution in [1.82, 2.24) is 9.55 Å². The Balaban J connectivity index is 1.78. The van der Waals surface area contributed by atoms with Crippen LogP contribution in [0.25, 0.3) is 11.0 Å². The van der Waals surface area contributed by atoms with E-state index in [-0.39, 0.29) is 0 Å². The fraction of sp³-hybridized carbons (Fsp3) is 0.458. The van der Waals surface area contributed by atoms with Gasteiger partial charge in [0.25, 0.3) is 0 Å². The molecular weight excluding hydrogens is 348 g/mol. The van der Waals surface area contributed by atoms with Crippen LogP contribution in [0, 0.1) is 0 Å². The predicted molar refractivity (Wildman–Crippen MR) is 115 cm³/mol. The van der Waals surface area contributed by atoms with Crippen LogP contribution >= 0.6 is 0 Å². The van der Waals surface area contributed by atoms with Crippen LogP contribution in [0.1, 0.15) is 56.8 Å². The highest BCUT2D eigenvalue weighted by atomic mass is 16.5. The third kappa shape index (κ3) is 4.86. The third-order valence-corrected chi connectivity index (χ3v) is 5.28. The Morgan fingerprint density at radius 3 is 2.39 bits per heavy atom. The number of unbranched alkanes of at least 4 members (excludes halogenated alkanes) is 5. The Labute approximate surface area is 168 Å². The van der Waals surface area contributed by atoms with Crippen molar-refractivity contribution in [3.8, 4) is 11.5 Å². The molecule has 0 aliphatic carbocycles. The molecule has 28 heavy (non-hydrogen) atoms. The van der Waals surface area contributed by atoms with E-state index in [1.54, 1.807) is 14.2 Å². The number of fused-ring (bicyclic) bond motifs is 1. The zero-order valence-electron chi connectivity index (χ0n) is 17.4. The SMILES string of the molecule is CCCCCCCCn1c(Cc2ccc(OC)c(OC)c2)nc2ccccc21. The topological polar surface area (TPSA) is 36.3 Å². The molecule has 2 aromatic carbocycles. The molecule has 0 amide bonds. The van der Waals surface area contributed by atoms with E-state index in [0.29, 0.717) is 0 Å². The van der Waals surface area contributed by atoms with Gasteiger partial charge in [0.05, 0.1) is 25.3 Å². The molecule has 3 aromatic rings. The molecule has 150 valence electrons. The maximum atomic E-state index is 5.46. The lowest BCUT2D eigenvalue weighted by Crippen LogP contribution is -2.05. The van der Waals surface area contributed by atoms with Gasteiger partial charge in [-0.3, -0.25) is 0 Å². The number of imidazole rings is 1. The lowest BCUT2D eigenvalue weighted by molar-refractivity contribution is 0.354. The van der Waals surface area contributed by atoms with E-state index in [1.165, 1.54) is 49.6 Å². The number of para-hydroxylation sites is 2. The number of ether oxygens (including phenoxy) is 2. The van der Waals surface area contributed by atoms with Gasteiger partial charge in [0.15, 0.2) is 11.5 Å². The van der Waals surface area contributed by atoms with Gasteiger partial charge in [-0.05, 0) is 36.2 Å². The molecule has 3 rings (SSSR count). The van der Waals surface area contributed by atoms with Gasteiger partial charge in [-0.2, -0.15) is 0 Å². The molecule has 0 fully saturated rings. The zero-order chi connectivity index (χ0) is 19.8. The van der Waals surface area contributed by atoms with Crippen LogP contribution in [0.2, 0.25) is 0 Å². The summed E-state index contributed by atoms with van der Waals surface area (Å²) in [5.41, 5.74) is 3.48. The number of hydrogen-bond acceptors (Lipinski definition) is 3. The van der Waals surface area contributed by atoms with Crippen molar-refractivity contribution >= 4 is 11.0 Å². The van der Waals surface area contributed by atoms with Gasteiger partial charge < -0.3 is 14.0 Å². The van der Waals surface area contributed by atoms with Crippen LogP contribution < -0.4 is 9.47 Å². The van der Waals surface area contributed by atoms with Gasteiger partial charge in [0.2, 0.25) is 0 Å². The van der Waals surface area contributed by atoms with E-state index in [2.05, 4.69) is 41.8 Å². The van der Waals surface area contributed by atoms with Crippen LogP contribution in [0.15, 0.2) is 42.5 Å². The molecule has 1 aromatic heterocycles. The molecule has 0 spiro atoms. The first kappa shape index (κ1) is 20.2. The first-order valence-electron chi connectivity index (χ1n) is 10.4. The molecule has 0 bridgehead atoms. The van der Waals surface area contributed by atoms with Crippen molar-refractivity contribution in [2.24, 2.45) is 0 Å². The van der Waals surface area contributed by atoms with Crippen molar-refractivity contribution in [3.63, 3.8) is 0 Å². The van der Waals surface area contributed by atoms with Crippen molar-refractivity contribution in [2.45, 2.75) is 58.4 Å². The Hall–Kier alpha value is -2.49. The average Bonchev–Trinajstić information content (AvgIpc) is 3.07. The molecule has 1 heterocycles. The highest BCUT2D eigenvalue weighted by molar-refractivity contribution is 5.76. The largest absolute Gasteiger partial charge is 0.493 e. The lowest BCUT2D eigenvalue weighted by Gasteiger charge is -2.12. The second-order valence-electron chi connectivity index (χ2n) is 7.30. The minimum atomic E-state index is 0.756. The molecule has 0 aliphatic rings. The lowest BCUT2D eigenvalue weighted by atomic mass is 10.1. The normalized spacial score (nSPS) is 11.1. The third-order valence-electron chi connectivity index (χ3n) is 5.28. The van der Waals surface area contributed by atoms with Crippen molar-refractivity contribution in [2.75, 3.05) is 14.2 Å². The van der Waals surface area contributed by atoms with Crippen molar-refractivity contribution in [3.05, 3.63) is 53.9 Å². The Bertz CT molecular complexity index is 885. The van der Waals surface area contributed by atoms with Gasteiger partial charge in [-0.1, -0.05) is 57.2 Å². The highest BCUT2D eigenvalue weighted by Crippen LogP contribution is 2.29. The minimum absolute atomic E-state index is 0.756. The molecule has 0 unspecified atom stereocenters. The van der Waals surface area contributed by atoms with E-state index in [0.717, 1.165) is 35.8 Å². The molecule has 0 saturated carbocycles. The van der Waals surface area contributed by atoms with Gasteiger partial charge >= 0.3 is 0 Å². The van der Waals surface area contributed by atoms with Crippen LogP contribution in [-0.4, -0.2) is 23.8 Å². The summed E-state index contributed by atoms with van der Waals surface area (Å²) >= 11 is 0. The smallest absolute Gasteiger partial charge is 0.161 e. The molecule has 4 heteroatoms. The zero-order valence-corrected chi connectivity index (χ0v) is 17.4. The molecule has 0 atom stereocenters. The Kier molecular flexibility index (Phi) is 7.35. The number of aryl methyl sites for hydroxylation is 1. The molecule has 0 N–H and O–H groups in total. The molecule has 0 radical (unpaired) electrons. The van der Waals surface area contributed by atoms with E-state index in [9.17, 15) is 0 Å². The molecule has 4 nitrogen and oxygen atoms in total. The predicted octanol–water partition coefficient (Wildman–Crippen LogP) is 6.00. The maximum Gasteiger partial charge on any atom is 0.161 e. The second-order valence-corrected chi connectivity index (χ2v) is 7.30. The van der Waals surface area contributed by atoms with Gasteiger partial charge in [0.1, 0.15) is 5.82 Å². The standard InChI is InChI=1S/C24H32N2O2/c1-4-5-6-7-8-11-16-26-21-13-10-9-12-20(21)25-24(26)18-19-14-15-22(27-2)23(17-19)28-3/h9-10,12-15,17H,4-8,11,16,18H2,1-3H3. The number of hydrogen-bond donors (Lipinski definition) is 0. The van der Waals surface area contributed by atoms with Crippen LogP contribution in [0.3, 0.4) is 0 Å². The molecular formula is C24H32N2O2. The quantitative estimate of drug-likeness (QED) is 0.383. The van der Waals surface area contributed by atoms with Crippen LogP contribution in [0.5, 0.6) is 11.5 Å². The minimum Gasteiger partial charge on any atom is -0.493 e.